The molecular formula is C12H23N3O. The van der Waals surface area contributed by atoms with Crippen LogP contribution in [0.5, 0.6) is 0 Å². The van der Waals surface area contributed by atoms with Gasteiger partial charge in [-0.25, -0.2) is 0 Å². The highest BCUT2D eigenvalue weighted by molar-refractivity contribution is 5.10. The topological polar surface area (TPSA) is 53.1 Å². The summed E-state index contributed by atoms with van der Waals surface area (Å²) in [6.07, 6.45) is 1.77. The van der Waals surface area contributed by atoms with Crippen molar-refractivity contribution in [1.29, 1.82) is 0 Å². The fourth-order valence-corrected chi connectivity index (χ4v) is 2.08. The molecule has 0 fully saturated rings. The highest BCUT2D eigenvalue weighted by Crippen LogP contribution is 2.30. The Morgan fingerprint density at radius 3 is 2.56 bits per heavy atom. The van der Waals surface area contributed by atoms with Crippen molar-refractivity contribution in [3.63, 3.8) is 0 Å². The number of hydrogen-bond donors (Lipinski definition) is 1. The Morgan fingerprint density at radius 1 is 1.50 bits per heavy atom. The first kappa shape index (κ1) is 13.2. The Kier molecular flexibility index (Phi) is 4.10. The lowest BCUT2D eigenvalue weighted by Gasteiger charge is -2.34. The lowest BCUT2D eigenvalue weighted by molar-refractivity contribution is -0.00427. The van der Waals surface area contributed by atoms with Crippen molar-refractivity contribution in [2.75, 3.05) is 7.11 Å². The van der Waals surface area contributed by atoms with Gasteiger partial charge in [-0.3, -0.25) is 4.68 Å². The molecule has 0 saturated carbocycles. The van der Waals surface area contributed by atoms with Crippen LogP contribution in [0.2, 0.25) is 0 Å². The second-order valence-corrected chi connectivity index (χ2v) is 5.12. The van der Waals surface area contributed by atoms with Crippen molar-refractivity contribution in [2.45, 2.75) is 46.4 Å². The van der Waals surface area contributed by atoms with Gasteiger partial charge in [-0.05, 0) is 18.4 Å². The first-order valence-corrected chi connectivity index (χ1v) is 5.72. The Balaban J connectivity index is 2.95. The zero-order valence-corrected chi connectivity index (χ0v) is 10.9. The van der Waals surface area contributed by atoms with Crippen LogP contribution in [0, 0.1) is 5.41 Å². The van der Waals surface area contributed by atoms with Crippen LogP contribution < -0.4 is 5.73 Å². The molecule has 2 atom stereocenters. The minimum absolute atomic E-state index is 0.0109. The summed E-state index contributed by atoms with van der Waals surface area (Å²) < 4.78 is 7.45. The molecule has 4 nitrogen and oxygen atoms in total. The van der Waals surface area contributed by atoms with Crippen LogP contribution in [-0.2, 0) is 11.3 Å². The summed E-state index contributed by atoms with van der Waals surface area (Å²) in [7, 11) is 1.71. The molecule has 0 saturated heterocycles. The van der Waals surface area contributed by atoms with Gasteiger partial charge < -0.3 is 10.5 Å². The number of aryl methyl sites for hydroxylation is 1. The fraction of sp³-hybridized carbons (Fsp3) is 0.750. The van der Waals surface area contributed by atoms with Crippen molar-refractivity contribution in [2.24, 2.45) is 11.1 Å². The third-order valence-electron chi connectivity index (χ3n) is 2.82. The number of aromatic nitrogens is 2. The third kappa shape index (κ3) is 2.62. The molecule has 0 aliphatic rings. The lowest BCUT2D eigenvalue weighted by atomic mass is 9.83. The minimum Gasteiger partial charge on any atom is -0.379 e. The number of hydrogen-bond acceptors (Lipinski definition) is 3. The number of rotatable bonds is 4. The number of nitrogens with two attached hydrogens (primary N) is 1. The van der Waals surface area contributed by atoms with Gasteiger partial charge in [-0.2, -0.15) is 5.10 Å². The molecule has 16 heavy (non-hydrogen) atoms. The van der Waals surface area contributed by atoms with E-state index in [1.165, 1.54) is 0 Å². The van der Waals surface area contributed by atoms with Crippen LogP contribution in [0.3, 0.4) is 0 Å². The van der Waals surface area contributed by atoms with E-state index >= 15 is 0 Å². The molecule has 0 radical (unpaired) electrons. The summed E-state index contributed by atoms with van der Waals surface area (Å²) >= 11 is 0. The molecular weight excluding hydrogens is 202 g/mol. The summed E-state index contributed by atoms with van der Waals surface area (Å²) in [6.45, 7) is 9.29. The van der Waals surface area contributed by atoms with Gasteiger partial charge in [0.05, 0.1) is 17.8 Å². The highest BCUT2D eigenvalue weighted by atomic mass is 16.5. The van der Waals surface area contributed by atoms with Crippen molar-refractivity contribution >= 4 is 0 Å². The van der Waals surface area contributed by atoms with Crippen LogP contribution in [-0.4, -0.2) is 23.0 Å². The zero-order chi connectivity index (χ0) is 12.3. The van der Waals surface area contributed by atoms with Gasteiger partial charge in [0.25, 0.3) is 0 Å². The monoisotopic (exact) mass is 225 g/mol. The van der Waals surface area contributed by atoms with E-state index in [0.29, 0.717) is 0 Å². The van der Waals surface area contributed by atoms with Gasteiger partial charge in [0, 0.05) is 19.9 Å². The van der Waals surface area contributed by atoms with E-state index in [1.807, 2.05) is 10.7 Å². The molecule has 1 rings (SSSR count). The molecule has 92 valence electrons. The number of methoxy groups -OCH3 is 1. The van der Waals surface area contributed by atoms with Crippen molar-refractivity contribution < 1.29 is 4.74 Å². The quantitative estimate of drug-likeness (QED) is 0.852. The Hall–Kier alpha value is -0.870. The summed E-state index contributed by atoms with van der Waals surface area (Å²) in [6, 6.07) is 1.82. The molecule has 2 unspecified atom stereocenters. The molecule has 0 spiro atoms. The van der Waals surface area contributed by atoms with Crippen LogP contribution in [0.4, 0.5) is 0 Å². The molecule has 2 N–H and O–H groups in total. The largest absolute Gasteiger partial charge is 0.379 e. The van der Waals surface area contributed by atoms with E-state index in [2.05, 4.69) is 32.8 Å². The average molecular weight is 225 g/mol. The smallest absolute Gasteiger partial charge is 0.0827 e. The summed E-state index contributed by atoms with van der Waals surface area (Å²) in [5.41, 5.74) is 7.31. The van der Waals surface area contributed by atoms with E-state index in [4.69, 9.17) is 10.5 Å². The van der Waals surface area contributed by atoms with Crippen LogP contribution in [0.15, 0.2) is 12.3 Å². The second kappa shape index (κ2) is 4.97. The minimum atomic E-state index is -0.146. The maximum Gasteiger partial charge on any atom is 0.0827 e. The Labute approximate surface area is 97.8 Å². The van der Waals surface area contributed by atoms with Crippen LogP contribution >= 0.6 is 0 Å². The van der Waals surface area contributed by atoms with Gasteiger partial charge in [-0.15, -0.1) is 0 Å². The Bertz CT molecular complexity index is 327. The van der Waals surface area contributed by atoms with Gasteiger partial charge in [0.15, 0.2) is 0 Å². The fourth-order valence-electron chi connectivity index (χ4n) is 2.08. The summed E-state index contributed by atoms with van der Waals surface area (Å²) in [4.78, 5) is 0. The molecule has 0 amide bonds. The SMILES string of the molecule is CCn1nccc1C(N)C(OC)C(C)(C)C. The molecule has 0 bridgehead atoms. The number of ether oxygens (including phenoxy) is 1. The van der Waals surface area contributed by atoms with Gasteiger partial charge in [0.1, 0.15) is 0 Å². The molecule has 0 aliphatic carbocycles. The van der Waals surface area contributed by atoms with Crippen LogP contribution in [0.1, 0.15) is 39.4 Å². The molecule has 1 aromatic heterocycles. The van der Waals surface area contributed by atoms with Gasteiger partial charge >= 0.3 is 0 Å². The number of nitrogens with zero attached hydrogens (tertiary/aromatic N) is 2. The van der Waals surface area contributed by atoms with Gasteiger partial charge in [0.2, 0.25) is 0 Å². The summed E-state index contributed by atoms with van der Waals surface area (Å²) in [5.74, 6) is 0. The highest BCUT2D eigenvalue weighted by Gasteiger charge is 2.32. The van der Waals surface area contributed by atoms with Gasteiger partial charge in [-0.1, -0.05) is 20.8 Å². The maximum atomic E-state index is 6.27. The lowest BCUT2D eigenvalue weighted by Crippen LogP contribution is -2.39. The molecule has 4 heteroatoms. The first-order chi connectivity index (χ1) is 7.41. The van der Waals surface area contributed by atoms with Crippen LogP contribution in [0.25, 0.3) is 0 Å². The Morgan fingerprint density at radius 2 is 2.12 bits per heavy atom. The predicted octanol–water partition coefficient (Wildman–Crippen LogP) is 1.96. The van der Waals surface area contributed by atoms with Crippen molar-refractivity contribution in [3.8, 4) is 0 Å². The van der Waals surface area contributed by atoms with E-state index in [0.717, 1.165) is 12.2 Å². The first-order valence-electron chi connectivity index (χ1n) is 5.72. The second-order valence-electron chi connectivity index (χ2n) is 5.12. The predicted molar refractivity (Wildman–Crippen MR) is 65.1 cm³/mol. The molecule has 1 aromatic rings. The average Bonchev–Trinajstić information content (AvgIpc) is 2.63. The van der Waals surface area contributed by atoms with Crippen molar-refractivity contribution in [1.82, 2.24) is 9.78 Å². The van der Waals surface area contributed by atoms with E-state index in [1.54, 1.807) is 13.3 Å². The molecule has 0 aromatic carbocycles. The van der Waals surface area contributed by atoms with E-state index in [-0.39, 0.29) is 17.6 Å². The zero-order valence-electron chi connectivity index (χ0n) is 10.9. The van der Waals surface area contributed by atoms with E-state index < -0.39 is 0 Å². The van der Waals surface area contributed by atoms with Crippen molar-refractivity contribution in [3.05, 3.63) is 18.0 Å². The maximum absolute atomic E-state index is 6.27. The van der Waals surface area contributed by atoms with E-state index in [9.17, 15) is 0 Å². The standard InChI is InChI=1S/C12H23N3O/c1-6-15-9(7-8-14-15)10(13)11(16-5)12(2,3)4/h7-8,10-11H,6,13H2,1-5H3. The normalized spacial score (nSPS) is 16.1. The summed E-state index contributed by atoms with van der Waals surface area (Å²) in [5, 5.41) is 4.24. The molecule has 1 heterocycles. The molecule has 0 aliphatic heterocycles. The third-order valence-corrected chi connectivity index (χ3v) is 2.82.